The first-order valence-electron chi connectivity index (χ1n) is 11.7. The normalized spacial score (nSPS) is 24.6. The van der Waals surface area contributed by atoms with E-state index in [2.05, 4.69) is 10.1 Å². The Hall–Kier alpha value is -2.24. The Labute approximate surface area is 199 Å². The van der Waals surface area contributed by atoms with Crippen LogP contribution < -0.4 is 5.32 Å². The smallest absolute Gasteiger partial charge is 0.305 e. The summed E-state index contributed by atoms with van der Waals surface area (Å²) in [7, 11) is 1.38. The molecule has 1 saturated heterocycles. The number of aryl methyl sites for hydroxylation is 1. The van der Waals surface area contributed by atoms with Gasteiger partial charge in [0.05, 0.1) is 19.3 Å². The molecule has 0 radical (unpaired) electrons. The molecule has 192 valence electrons. The van der Waals surface area contributed by atoms with Gasteiger partial charge in [-0.2, -0.15) is 0 Å². The molecule has 5 atom stereocenters. The fourth-order valence-corrected chi connectivity index (χ4v) is 3.82. The molecule has 0 aromatic heterocycles. The number of amides is 1. The first kappa shape index (κ1) is 28.0. The van der Waals surface area contributed by atoms with Crippen LogP contribution in [0.2, 0.25) is 0 Å². The Morgan fingerprint density at radius 1 is 1.06 bits per heavy atom. The van der Waals surface area contributed by atoms with Gasteiger partial charge in [-0.05, 0) is 31.9 Å². The third-order valence-electron chi connectivity index (χ3n) is 5.86. The zero-order chi connectivity index (χ0) is 25.1. The van der Waals surface area contributed by atoms with Crippen LogP contribution in [-0.4, -0.2) is 83.3 Å². The molecule has 1 aromatic carbocycles. The summed E-state index contributed by atoms with van der Waals surface area (Å²) in [6.07, 6.45) is 0.661. The molecule has 34 heavy (non-hydrogen) atoms. The van der Waals surface area contributed by atoms with Crippen LogP contribution in [0.1, 0.15) is 60.9 Å². The monoisotopic (exact) mass is 483 g/mol. The highest BCUT2D eigenvalue weighted by Gasteiger charge is 2.45. The van der Waals surface area contributed by atoms with Gasteiger partial charge in [0.25, 0.3) is 5.91 Å². The molecule has 5 N–H and O–H groups in total. The molecule has 1 amide bonds. The first-order valence-corrected chi connectivity index (χ1v) is 11.7. The van der Waals surface area contributed by atoms with Crippen molar-refractivity contribution in [2.24, 2.45) is 0 Å². The number of hydrogen-bond acceptors (Lipinski definition) is 9. The van der Waals surface area contributed by atoms with Crippen LogP contribution in [0.4, 0.5) is 0 Å². The fourth-order valence-electron chi connectivity index (χ4n) is 3.82. The van der Waals surface area contributed by atoms with E-state index in [4.69, 9.17) is 9.47 Å². The highest BCUT2D eigenvalue weighted by molar-refractivity contribution is 5.97. The number of carbonyl (C=O) groups is 2. The Balaban J connectivity index is 1.87. The van der Waals surface area contributed by atoms with Crippen molar-refractivity contribution in [1.82, 2.24) is 5.32 Å². The van der Waals surface area contributed by atoms with Crippen molar-refractivity contribution in [2.75, 3.05) is 20.3 Å². The molecule has 3 unspecified atom stereocenters. The van der Waals surface area contributed by atoms with Crippen molar-refractivity contribution in [3.05, 3.63) is 29.3 Å². The van der Waals surface area contributed by atoms with E-state index in [1.54, 1.807) is 13.0 Å². The van der Waals surface area contributed by atoms with Gasteiger partial charge in [0, 0.05) is 13.0 Å². The van der Waals surface area contributed by atoms with Gasteiger partial charge in [-0.15, -0.1) is 0 Å². The number of hydrogen-bond donors (Lipinski definition) is 5. The van der Waals surface area contributed by atoms with Crippen LogP contribution in [0.3, 0.4) is 0 Å². The van der Waals surface area contributed by atoms with Gasteiger partial charge in [0.2, 0.25) is 0 Å². The molecule has 1 aromatic rings. The molecule has 10 heteroatoms. The molecule has 0 aliphatic carbocycles. The summed E-state index contributed by atoms with van der Waals surface area (Å²) in [6.45, 7) is 1.54. The molecule has 0 spiro atoms. The SMILES string of the molecule is COC(=O)CCCCCCCCO[C@@H]1OC(CO)[C@H](O)C(O)C1NC(=O)c1cc(C)ccc1O. The van der Waals surface area contributed by atoms with Gasteiger partial charge in [-0.1, -0.05) is 37.3 Å². The molecule has 1 aliphatic rings. The standard InChI is InChI=1S/C24H37NO9/c1-15-10-11-17(27)16(13-15)23(31)25-20-22(30)21(29)18(14-26)34-24(20)33-12-8-6-4-3-5-7-9-19(28)32-2/h10-11,13,18,20-22,24,26-27,29-30H,3-9,12,14H2,1-2H3,(H,25,31)/t18?,20?,21-,22?,24+/m0/s1. The van der Waals surface area contributed by atoms with Crippen molar-refractivity contribution in [3.8, 4) is 5.75 Å². The number of ether oxygens (including phenoxy) is 3. The van der Waals surface area contributed by atoms with Crippen molar-refractivity contribution in [2.45, 2.75) is 82.5 Å². The minimum Gasteiger partial charge on any atom is -0.507 e. The molecule has 1 aliphatic heterocycles. The average Bonchev–Trinajstić information content (AvgIpc) is 2.83. The van der Waals surface area contributed by atoms with Crippen LogP contribution >= 0.6 is 0 Å². The third kappa shape index (κ3) is 8.21. The minimum absolute atomic E-state index is 0.0249. The molecular formula is C24H37NO9. The molecular weight excluding hydrogens is 446 g/mol. The topological polar surface area (TPSA) is 155 Å². The lowest BCUT2D eigenvalue weighted by Crippen LogP contribution is -2.64. The Kier molecular flexibility index (Phi) is 11.7. The van der Waals surface area contributed by atoms with Crippen LogP contribution in [0.25, 0.3) is 0 Å². The number of aliphatic hydroxyl groups excluding tert-OH is 3. The summed E-state index contributed by atoms with van der Waals surface area (Å²) in [5, 5.41) is 42.9. The summed E-state index contributed by atoms with van der Waals surface area (Å²) < 4.78 is 16.0. The van der Waals surface area contributed by atoms with Gasteiger partial charge >= 0.3 is 5.97 Å². The highest BCUT2D eigenvalue weighted by atomic mass is 16.7. The van der Waals surface area contributed by atoms with Crippen molar-refractivity contribution >= 4 is 11.9 Å². The second-order valence-corrected chi connectivity index (χ2v) is 8.54. The molecule has 10 nitrogen and oxygen atoms in total. The lowest BCUT2D eigenvalue weighted by molar-refractivity contribution is -0.269. The van der Waals surface area contributed by atoms with E-state index in [1.807, 2.05) is 0 Å². The summed E-state index contributed by atoms with van der Waals surface area (Å²) in [5.74, 6) is -1.06. The number of nitrogens with one attached hydrogen (secondary N) is 1. The number of aliphatic hydroxyl groups is 3. The number of unbranched alkanes of at least 4 members (excludes halogenated alkanes) is 5. The van der Waals surface area contributed by atoms with Crippen molar-refractivity contribution < 1.29 is 44.2 Å². The van der Waals surface area contributed by atoms with E-state index in [0.29, 0.717) is 12.8 Å². The lowest BCUT2D eigenvalue weighted by atomic mass is 9.96. The predicted octanol–water partition coefficient (Wildman–Crippen LogP) is 1.16. The summed E-state index contributed by atoms with van der Waals surface area (Å²) >= 11 is 0. The third-order valence-corrected chi connectivity index (χ3v) is 5.86. The Bertz CT molecular complexity index is 788. The second-order valence-electron chi connectivity index (χ2n) is 8.54. The molecule has 0 bridgehead atoms. The van der Waals surface area contributed by atoms with E-state index in [0.717, 1.165) is 37.7 Å². The van der Waals surface area contributed by atoms with Crippen LogP contribution in [0, 0.1) is 6.92 Å². The average molecular weight is 484 g/mol. The zero-order valence-electron chi connectivity index (χ0n) is 19.8. The molecule has 1 fully saturated rings. The predicted molar refractivity (Wildman–Crippen MR) is 122 cm³/mol. The molecule has 2 rings (SSSR count). The van der Waals surface area contributed by atoms with E-state index in [1.165, 1.54) is 19.2 Å². The molecule has 0 saturated carbocycles. The maximum Gasteiger partial charge on any atom is 0.305 e. The maximum absolute atomic E-state index is 12.7. The van der Waals surface area contributed by atoms with Crippen LogP contribution in [-0.2, 0) is 19.0 Å². The van der Waals surface area contributed by atoms with E-state index < -0.39 is 43.2 Å². The number of carbonyl (C=O) groups excluding carboxylic acids is 2. The lowest BCUT2D eigenvalue weighted by Gasteiger charge is -2.42. The van der Waals surface area contributed by atoms with Gasteiger partial charge in [0.15, 0.2) is 6.29 Å². The fraction of sp³-hybridized carbons (Fsp3) is 0.667. The second kappa shape index (κ2) is 14.2. The first-order chi connectivity index (χ1) is 16.3. The Morgan fingerprint density at radius 2 is 1.74 bits per heavy atom. The summed E-state index contributed by atoms with van der Waals surface area (Å²) in [4.78, 5) is 23.8. The van der Waals surface area contributed by atoms with Gasteiger partial charge < -0.3 is 40.0 Å². The highest BCUT2D eigenvalue weighted by Crippen LogP contribution is 2.24. The molecule has 1 heterocycles. The quantitative estimate of drug-likeness (QED) is 0.205. The zero-order valence-corrected chi connectivity index (χ0v) is 19.8. The number of esters is 1. The maximum atomic E-state index is 12.7. The van der Waals surface area contributed by atoms with E-state index in [-0.39, 0.29) is 23.9 Å². The summed E-state index contributed by atoms with van der Waals surface area (Å²) in [6, 6.07) is 3.46. The number of phenols is 1. The number of aromatic hydroxyl groups is 1. The minimum atomic E-state index is -1.44. The Morgan fingerprint density at radius 3 is 2.41 bits per heavy atom. The van der Waals surface area contributed by atoms with Gasteiger partial charge in [-0.3, -0.25) is 9.59 Å². The van der Waals surface area contributed by atoms with Crippen LogP contribution in [0.15, 0.2) is 18.2 Å². The van der Waals surface area contributed by atoms with Crippen LogP contribution in [0.5, 0.6) is 5.75 Å². The number of benzene rings is 1. The van der Waals surface area contributed by atoms with Gasteiger partial charge in [0.1, 0.15) is 30.1 Å². The summed E-state index contributed by atoms with van der Waals surface area (Å²) in [5.41, 5.74) is 0.791. The van der Waals surface area contributed by atoms with E-state index >= 15 is 0 Å². The van der Waals surface area contributed by atoms with Crippen molar-refractivity contribution in [1.29, 1.82) is 0 Å². The van der Waals surface area contributed by atoms with Crippen molar-refractivity contribution in [3.63, 3.8) is 0 Å². The largest absolute Gasteiger partial charge is 0.507 e. The number of rotatable bonds is 13. The van der Waals surface area contributed by atoms with E-state index in [9.17, 15) is 30.0 Å². The van der Waals surface area contributed by atoms with Gasteiger partial charge in [-0.25, -0.2) is 0 Å². The number of methoxy groups -OCH3 is 1. The number of phenolic OH excluding ortho intramolecular Hbond substituents is 1.